The fourth-order valence-electron chi connectivity index (χ4n) is 2.00. The second-order valence-electron chi connectivity index (χ2n) is 8.98. The molecule has 1 atom stereocenters. The number of thioether (sulfide) groups is 1. The molecule has 0 saturated heterocycles. The Morgan fingerprint density at radius 2 is 1.63 bits per heavy atom. The molecule has 0 radical (unpaired) electrons. The topological polar surface area (TPSA) is 105 Å². The van der Waals surface area contributed by atoms with Crippen molar-refractivity contribution in [3.05, 3.63) is 0 Å². The maximum Gasteiger partial charge on any atom is 0.327 e. The minimum absolute atomic E-state index is 0.0269. The van der Waals surface area contributed by atoms with Gasteiger partial charge < -0.3 is 20.5 Å². The Kier molecular flexibility index (Phi) is 11.7. The predicted octanol–water partition coefficient (Wildman–Crippen LogP) is 2.29. The van der Waals surface area contributed by atoms with Crippen LogP contribution in [0.25, 0.3) is 0 Å². The summed E-state index contributed by atoms with van der Waals surface area (Å²) >= 11 is 1.51. The molecule has 0 bridgehead atoms. The third-order valence-corrected chi connectivity index (χ3v) is 4.83. The molecule has 0 aromatic carbocycles. The van der Waals surface area contributed by atoms with Crippen molar-refractivity contribution in [2.45, 2.75) is 60.4 Å². The normalized spacial score (nSPS) is 13.1. The average Bonchev–Trinajstić information content (AvgIpc) is 2.46. The molecule has 8 heteroatoms. The Hall–Kier alpha value is -1.28. The molecule has 27 heavy (non-hydrogen) atoms. The largest absolute Gasteiger partial charge is 0.480 e. The lowest BCUT2D eigenvalue weighted by Gasteiger charge is -2.20. The summed E-state index contributed by atoms with van der Waals surface area (Å²) in [6.45, 7) is 13.1. The number of carboxylic acid groups (broad SMARTS) is 1. The van der Waals surface area contributed by atoms with Crippen molar-refractivity contribution in [3.63, 3.8) is 0 Å². The van der Waals surface area contributed by atoms with Gasteiger partial charge in [0.15, 0.2) is 0 Å². The second kappa shape index (κ2) is 12.2. The van der Waals surface area contributed by atoms with E-state index in [-0.39, 0.29) is 35.7 Å². The zero-order valence-corrected chi connectivity index (χ0v) is 18.3. The zero-order chi connectivity index (χ0) is 21.1. The number of amides is 2. The number of nitrogens with one attached hydrogen (secondary N) is 2. The minimum atomic E-state index is -1.03. The van der Waals surface area contributed by atoms with E-state index in [2.05, 4.69) is 31.4 Å². The van der Waals surface area contributed by atoms with Gasteiger partial charge >= 0.3 is 5.97 Å². The molecule has 0 aliphatic rings. The molecule has 0 spiro atoms. The van der Waals surface area contributed by atoms with Gasteiger partial charge in [0.25, 0.3) is 0 Å². The van der Waals surface area contributed by atoms with Crippen LogP contribution in [0.1, 0.15) is 54.4 Å². The monoisotopic (exact) mass is 404 g/mol. The second-order valence-corrected chi connectivity index (χ2v) is 10.0. The number of hydrogen-bond donors (Lipinski definition) is 3. The molecular weight excluding hydrogens is 368 g/mol. The van der Waals surface area contributed by atoms with Gasteiger partial charge in [0.2, 0.25) is 11.8 Å². The van der Waals surface area contributed by atoms with Gasteiger partial charge in [0, 0.05) is 25.1 Å². The molecule has 0 rings (SSSR count). The smallest absolute Gasteiger partial charge is 0.327 e. The molecule has 7 nitrogen and oxygen atoms in total. The van der Waals surface area contributed by atoms with Crippen molar-refractivity contribution in [1.82, 2.24) is 10.6 Å². The maximum atomic E-state index is 11.9. The minimum Gasteiger partial charge on any atom is -0.480 e. The van der Waals surface area contributed by atoms with E-state index in [1.54, 1.807) is 0 Å². The summed E-state index contributed by atoms with van der Waals surface area (Å²) in [5.74, 6) is -0.265. The van der Waals surface area contributed by atoms with Crippen molar-refractivity contribution < 1.29 is 24.2 Å². The van der Waals surface area contributed by atoms with E-state index in [4.69, 9.17) is 4.74 Å². The van der Waals surface area contributed by atoms with Crippen LogP contribution in [0.2, 0.25) is 0 Å². The number of ether oxygens (including phenoxy) is 1. The van der Waals surface area contributed by atoms with Crippen molar-refractivity contribution in [2.24, 2.45) is 10.8 Å². The van der Waals surface area contributed by atoms with Gasteiger partial charge in [0.1, 0.15) is 6.04 Å². The molecule has 3 N–H and O–H groups in total. The highest BCUT2D eigenvalue weighted by Gasteiger charge is 2.21. The predicted molar refractivity (Wildman–Crippen MR) is 109 cm³/mol. The van der Waals surface area contributed by atoms with Crippen LogP contribution in [0.5, 0.6) is 0 Å². The third kappa shape index (κ3) is 16.6. The molecule has 158 valence electrons. The lowest BCUT2D eigenvalue weighted by molar-refractivity contribution is -0.141. The highest BCUT2D eigenvalue weighted by atomic mass is 32.2. The first-order chi connectivity index (χ1) is 12.3. The summed E-state index contributed by atoms with van der Waals surface area (Å²) in [6, 6.07) is -0.901. The van der Waals surface area contributed by atoms with Gasteiger partial charge in [-0.15, -0.1) is 0 Å². The van der Waals surface area contributed by atoms with E-state index in [9.17, 15) is 19.5 Å². The van der Waals surface area contributed by atoms with Crippen LogP contribution in [0, 0.1) is 10.8 Å². The fourth-order valence-corrected chi connectivity index (χ4v) is 3.19. The Labute approximate surface area is 167 Å². The van der Waals surface area contributed by atoms with Gasteiger partial charge in [-0.25, -0.2) is 4.79 Å². The van der Waals surface area contributed by atoms with E-state index in [1.807, 2.05) is 20.8 Å². The van der Waals surface area contributed by atoms with Crippen LogP contribution in [-0.2, 0) is 19.1 Å². The first-order valence-corrected chi connectivity index (χ1v) is 10.4. The summed E-state index contributed by atoms with van der Waals surface area (Å²) in [7, 11) is 0. The number of hydrogen-bond acceptors (Lipinski definition) is 5. The quantitative estimate of drug-likeness (QED) is 0.431. The van der Waals surface area contributed by atoms with Crippen LogP contribution >= 0.6 is 11.8 Å². The van der Waals surface area contributed by atoms with Crippen molar-refractivity contribution in [2.75, 3.05) is 31.3 Å². The fraction of sp³-hybridized carbons (Fsp3) is 0.842. The molecule has 0 heterocycles. The molecule has 0 aromatic rings. The Balaban J connectivity index is 3.93. The molecule has 1 unspecified atom stereocenters. The van der Waals surface area contributed by atoms with E-state index >= 15 is 0 Å². The molecule has 2 amide bonds. The number of carbonyl (C=O) groups is 3. The summed E-state index contributed by atoms with van der Waals surface area (Å²) < 4.78 is 5.32. The Bertz CT molecular complexity index is 483. The number of carbonyl (C=O) groups excluding carboxylic acids is 2. The third-order valence-electron chi connectivity index (χ3n) is 3.19. The van der Waals surface area contributed by atoms with E-state index in [0.29, 0.717) is 25.3 Å². The summed E-state index contributed by atoms with van der Waals surface area (Å²) in [4.78, 5) is 34.8. The molecule has 0 fully saturated rings. The number of aliphatic carboxylic acids is 1. The summed E-state index contributed by atoms with van der Waals surface area (Å²) in [5, 5.41) is 14.5. The summed E-state index contributed by atoms with van der Waals surface area (Å²) in [6.07, 6.45) is 0.531. The SMILES string of the molecule is CC(C)(C)CSCC(NC(=O)CCOCCNC(=O)CC(C)(C)C)C(=O)O. The lowest BCUT2D eigenvalue weighted by Crippen LogP contribution is -2.43. The van der Waals surface area contributed by atoms with Crippen molar-refractivity contribution in [1.29, 1.82) is 0 Å². The Morgan fingerprint density at radius 3 is 2.15 bits per heavy atom. The molecular formula is C19H36N2O5S. The van der Waals surface area contributed by atoms with E-state index in [0.717, 1.165) is 5.75 Å². The summed E-state index contributed by atoms with van der Waals surface area (Å²) in [5.41, 5.74) is 0.0444. The van der Waals surface area contributed by atoms with Crippen LogP contribution in [-0.4, -0.2) is 60.2 Å². The van der Waals surface area contributed by atoms with Crippen molar-refractivity contribution in [3.8, 4) is 0 Å². The van der Waals surface area contributed by atoms with E-state index in [1.165, 1.54) is 11.8 Å². The molecule has 0 saturated carbocycles. The standard InChI is InChI=1S/C19H36N2O5S/c1-18(2,3)11-16(23)20-8-10-26-9-7-15(22)21-14(17(24)25)12-27-13-19(4,5)6/h14H,7-13H2,1-6H3,(H,20,23)(H,21,22)(H,24,25). The van der Waals surface area contributed by atoms with Crippen LogP contribution < -0.4 is 10.6 Å². The van der Waals surface area contributed by atoms with Gasteiger partial charge in [-0.05, 0) is 16.6 Å². The van der Waals surface area contributed by atoms with Crippen LogP contribution in [0.15, 0.2) is 0 Å². The van der Waals surface area contributed by atoms with Gasteiger partial charge in [-0.1, -0.05) is 41.5 Å². The Morgan fingerprint density at radius 1 is 1.00 bits per heavy atom. The number of carboxylic acids is 1. The van der Waals surface area contributed by atoms with Crippen LogP contribution in [0.3, 0.4) is 0 Å². The molecule has 0 aromatic heterocycles. The first kappa shape index (κ1) is 25.7. The lowest BCUT2D eigenvalue weighted by atomic mass is 9.92. The van der Waals surface area contributed by atoms with Gasteiger partial charge in [-0.2, -0.15) is 11.8 Å². The van der Waals surface area contributed by atoms with Crippen LogP contribution in [0.4, 0.5) is 0 Å². The molecule has 0 aliphatic carbocycles. The number of rotatable bonds is 12. The maximum absolute atomic E-state index is 11.9. The van der Waals surface area contributed by atoms with Crippen molar-refractivity contribution >= 4 is 29.5 Å². The molecule has 0 aliphatic heterocycles. The zero-order valence-electron chi connectivity index (χ0n) is 17.5. The highest BCUT2D eigenvalue weighted by Crippen LogP contribution is 2.21. The first-order valence-electron chi connectivity index (χ1n) is 9.24. The van der Waals surface area contributed by atoms with Gasteiger partial charge in [-0.3, -0.25) is 9.59 Å². The van der Waals surface area contributed by atoms with Gasteiger partial charge in [0.05, 0.1) is 13.2 Å². The van der Waals surface area contributed by atoms with E-state index < -0.39 is 12.0 Å². The average molecular weight is 405 g/mol. The highest BCUT2D eigenvalue weighted by molar-refractivity contribution is 7.99.